The molecule has 0 radical (unpaired) electrons. The van der Waals surface area contributed by atoms with E-state index in [1.165, 1.54) is 5.56 Å². The van der Waals surface area contributed by atoms with Gasteiger partial charge < -0.3 is 15.6 Å². The zero-order valence-electron chi connectivity index (χ0n) is 15.1. The van der Waals surface area contributed by atoms with Crippen molar-refractivity contribution in [2.45, 2.75) is 26.3 Å². The Labute approximate surface area is 156 Å². The van der Waals surface area contributed by atoms with E-state index >= 15 is 0 Å². The number of aryl methyl sites for hydroxylation is 2. The van der Waals surface area contributed by atoms with Gasteiger partial charge in [-0.3, -0.25) is 4.98 Å². The van der Waals surface area contributed by atoms with Crippen LogP contribution < -0.4 is 11.1 Å². The molecule has 0 spiro atoms. The second-order valence-corrected chi connectivity index (χ2v) is 6.25. The average molecular weight is 363 g/mol. The molecular weight excluding hydrogens is 342 g/mol. The second kappa shape index (κ2) is 7.45. The molecule has 4 aromatic rings. The van der Waals surface area contributed by atoms with Crippen LogP contribution in [-0.4, -0.2) is 31.4 Å². The molecule has 3 heterocycles. The van der Waals surface area contributed by atoms with Gasteiger partial charge in [0.15, 0.2) is 17.3 Å². The van der Waals surface area contributed by atoms with Crippen molar-refractivity contribution >= 4 is 22.5 Å². The maximum atomic E-state index is 5.86. The summed E-state index contributed by atoms with van der Waals surface area (Å²) in [4.78, 5) is 8.95. The van der Waals surface area contributed by atoms with Crippen LogP contribution in [0.3, 0.4) is 0 Å². The van der Waals surface area contributed by atoms with Gasteiger partial charge in [-0.25, -0.2) is 9.61 Å². The molecule has 3 N–H and O–H groups in total. The van der Waals surface area contributed by atoms with E-state index in [2.05, 4.69) is 49.9 Å². The number of nitrogen functional groups attached to an aromatic ring is 1. The predicted octanol–water partition coefficient (Wildman–Crippen LogP) is 3.13. The smallest absolute Gasteiger partial charge is 0.199 e. The number of nitrogens with one attached hydrogen (secondary N) is 1. The first-order valence-electron chi connectivity index (χ1n) is 8.98. The first-order chi connectivity index (χ1) is 13.3. The normalized spacial score (nSPS) is 11.1. The zero-order chi connectivity index (χ0) is 18.6. The lowest BCUT2D eigenvalue weighted by atomic mass is 10.1. The highest BCUT2D eigenvalue weighted by atomic mass is 16.6. The molecule has 0 atom stereocenters. The number of hydrogen-bond acceptors (Lipinski definition) is 7. The standard InChI is InChI=1S/C19H21N7O/c1-2-26-17-14(22-10-6-9-13-7-4-3-5-8-13)11-21-12-15(17)23-19(26)16-18(20)25-27-24-16/h3-5,7-8,11-12,22H,2,6,9-10H2,1H3,(H2,20,25). The third kappa shape index (κ3) is 3.33. The number of pyridine rings is 1. The lowest BCUT2D eigenvalue weighted by Gasteiger charge is -2.10. The molecule has 3 aromatic heterocycles. The fourth-order valence-electron chi connectivity index (χ4n) is 3.22. The SMILES string of the molecule is CCn1c(-c2nonc2N)nc2cncc(NCCCc3ccccc3)c21. The fraction of sp³-hybridized carbons (Fsp3) is 0.263. The highest BCUT2D eigenvalue weighted by molar-refractivity contribution is 5.90. The van der Waals surface area contributed by atoms with Crippen LogP contribution in [-0.2, 0) is 13.0 Å². The maximum Gasteiger partial charge on any atom is 0.199 e. The summed E-state index contributed by atoms with van der Waals surface area (Å²) in [5, 5.41) is 11.0. The Kier molecular flexibility index (Phi) is 4.69. The van der Waals surface area contributed by atoms with E-state index in [1.54, 1.807) is 6.20 Å². The molecular formula is C19H21N7O. The van der Waals surface area contributed by atoms with Gasteiger partial charge in [0.05, 0.1) is 23.6 Å². The molecule has 0 aliphatic heterocycles. The van der Waals surface area contributed by atoms with Gasteiger partial charge in [0.2, 0.25) is 0 Å². The van der Waals surface area contributed by atoms with Crippen molar-refractivity contribution in [2.75, 3.05) is 17.6 Å². The Hall–Kier alpha value is -3.42. The van der Waals surface area contributed by atoms with Gasteiger partial charge in [0.25, 0.3) is 0 Å². The number of imidazole rings is 1. The van der Waals surface area contributed by atoms with Gasteiger partial charge in [-0.2, -0.15) is 0 Å². The van der Waals surface area contributed by atoms with Crippen molar-refractivity contribution < 1.29 is 4.63 Å². The molecule has 0 fully saturated rings. The van der Waals surface area contributed by atoms with Gasteiger partial charge in [-0.1, -0.05) is 30.3 Å². The van der Waals surface area contributed by atoms with Gasteiger partial charge in [0, 0.05) is 13.1 Å². The average Bonchev–Trinajstić information content (AvgIpc) is 3.29. The molecule has 138 valence electrons. The van der Waals surface area contributed by atoms with Crippen molar-refractivity contribution in [2.24, 2.45) is 0 Å². The first-order valence-corrected chi connectivity index (χ1v) is 8.98. The van der Waals surface area contributed by atoms with E-state index in [0.29, 0.717) is 18.1 Å². The van der Waals surface area contributed by atoms with E-state index in [-0.39, 0.29) is 5.82 Å². The van der Waals surface area contributed by atoms with E-state index in [0.717, 1.165) is 36.1 Å². The molecule has 0 amide bonds. The summed E-state index contributed by atoms with van der Waals surface area (Å²) >= 11 is 0. The number of benzene rings is 1. The fourth-order valence-corrected chi connectivity index (χ4v) is 3.22. The molecule has 8 heteroatoms. The van der Waals surface area contributed by atoms with Crippen LogP contribution in [0.25, 0.3) is 22.6 Å². The van der Waals surface area contributed by atoms with E-state index in [9.17, 15) is 0 Å². The number of aromatic nitrogens is 5. The Balaban J connectivity index is 1.58. The quantitative estimate of drug-likeness (QED) is 0.486. The Morgan fingerprint density at radius 2 is 2.00 bits per heavy atom. The van der Waals surface area contributed by atoms with Crippen LogP contribution in [0.1, 0.15) is 18.9 Å². The first kappa shape index (κ1) is 17.0. The number of nitrogens with two attached hydrogens (primary N) is 1. The molecule has 0 aliphatic carbocycles. The van der Waals surface area contributed by atoms with E-state index in [4.69, 9.17) is 10.4 Å². The van der Waals surface area contributed by atoms with Crippen molar-refractivity contribution in [1.82, 2.24) is 24.8 Å². The van der Waals surface area contributed by atoms with Gasteiger partial charge in [0.1, 0.15) is 5.52 Å². The maximum absolute atomic E-state index is 5.86. The van der Waals surface area contributed by atoms with Crippen LogP contribution in [0.2, 0.25) is 0 Å². The topological polar surface area (TPSA) is 108 Å². The third-order valence-electron chi connectivity index (χ3n) is 4.49. The molecule has 0 unspecified atom stereocenters. The lowest BCUT2D eigenvalue weighted by molar-refractivity contribution is 0.310. The molecule has 0 aliphatic rings. The van der Waals surface area contributed by atoms with Gasteiger partial charge >= 0.3 is 0 Å². The Morgan fingerprint density at radius 3 is 2.74 bits per heavy atom. The number of fused-ring (bicyclic) bond motifs is 1. The molecule has 0 saturated heterocycles. The minimum Gasteiger partial charge on any atom is -0.382 e. The summed E-state index contributed by atoms with van der Waals surface area (Å²) in [5.74, 6) is 0.858. The highest BCUT2D eigenvalue weighted by Crippen LogP contribution is 2.30. The van der Waals surface area contributed by atoms with Crippen molar-refractivity contribution in [3.05, 3.63) is 48.3 Å². The van der Waals surface area contributed by atoms with Crippen LogP contribution in [0.4, 0.5) is 11.5 Å². The zero-order valence-corrected chi connectivity index (χ0v) is 15.1. The minimum absolute atomic E-state index is 0.227. The van der Waals surface area contributed by atoms with Crippen molar-refractivity contribution in [1.29, 1.82) is 0 Å². The molecule has 0 saturated carbocycles. The Morgan fingerprint density at radius 1 is 1.15 bits per heavy atom. The number of nitrogens with zero attached hydrogens (tertiary/aromatic N) is 5. The largest absolute Gasteiger partial charge is 0.382 e. The van der Waals surface area contributed by atoms with Crippen molar-refractivity contribution in [3.63, 3.8) is 0 Å². The highest BCUT2D eigenvalue weighted by Gasteiger charge is 2.20. The Bertz CT molecular complexity index is 1040. The van der Waals surface area contributed by atoms with E-state index < -0.39 is 0 Å². The predicted molar refractivity (Wildman–Crippen MR) is 104 cm³/mol. The van der Waals surface area contributed by atoms with Crippen LogP contribution in [0, 0.1) is 0 Å². The van der Waals surface area contributed by atoms with Crippen LogP contribution in [0.5, 0.6) is 0 Å². The van der Waals surface area contributed by atoms with Crippen LogP contribution >= 0.6 is 0 Å². The molecule has 8 nitrogen and oxygen atoms in total. The molecule has 4 rings (SSSR count). The summed E-state index contributed by atoms with van der Waals surface area (Å²) in [7, 11) is 0. The van der Waals surface area contributed by atoms with Crippen molar-refractivity contribution in [3.8, 4) is 11.5 Å². The number of hydrogen-bond donors (Lipinski definition) is 2. The number of anilines is 2. The van der Waals surface area contributed by atoms with Crippen LogP contribution in [0.15, 0.2) is 47.4 Å². The summed E-state index contributed by atoms with van der Waals surface area (Å²) < 4.78 is 6.79. The van der Waals surface area contributed by atoms with Gasteiger partial charge in [-0.05, 0) is 35.6 Å². The summed E-state index contributed by atoms with van der Waals surface area (Å²) in [6.45, 7) is 3.60. The third-order valence-corrected chi connectivity index (χ3v) is 4.49. The summed E-state index contributed by atoms with van der Waals surface area (Å²) in [5.41, 5.74) is 10.3. The molecule has 27 heavy (non-hydrogen) atoms. The van der Waals surface area contributed by atoms with E-state index in [1.807, 2.05) is 23.8 Å². The van der Waals surface area contributed by atoms with Gasteiger partial charge in [-0.15, -0.1) is 0 Å². The lowest BCUT2D eigenvalue weighted by Crippen LogP contribution is -2.06. The summed E-state index contributed by atoms with van der Waals surface area (Å²) in [6.07, 6.45) is 5.61. The minimum atomic E-state index is 0.227. The second-order valence-electron chi connectivity index (χ2n) is 6.25. The number of rotatable bonds is 7. The molecule has 1 aromatic carbocycles. The molecule has 0 bridgehead atoms. The summed E-state index contributed by atoms with van der Waals surface area (Å²) in [6, 6.07) is 10.5. The monoisotopic (exact) mass is 363 g/mol.